The van der Waals surface area contributed by atoms with Gasteiger partial charge in [-0.1, -0.05) is 32.0 Å². The average Bonchev–Trinajstić information content (AvgIpc) is 2.49. The number of nitrogens with one attached hydrogen (secondary N) is 1. The van der Waals surface area contributed by atoms with E-state index in [1.807, 2.05) is 18.2 Å². The number of aliphatic hydroxyl groups is 1. The lowest BCUT2D eigenvalue weighted by Gasteiger charge is -2.43. The van der Waals surface area contributed by atoms with Crippen LogP contribution < -0.4 is 10.1 Å². The minimum Gasteiger partial charge on any atom is -0.496 e. The summed E-state index contributed by atoms with van der Waals surface area (Å²) in [6, 6.07) is 8.30. The molecular formula is C16H26N2O2. The fourth-order valence-electron chi connectivity index (χ4n) is 3.03. The molecule has 1 aromatic rings. The van der Waals surface area contributed by atoms with Gasteiger partial charge in [-0.2, -0.15) is 0 Å². The van der Waals surface area contributed by atoms with Crippen molar-refractivity contribution in [1.82, 2.24) is 10.2 Å². The second-order valence-corrected chi connectivity index (χ2v) is 6.08. The molecule has 20 heavy (non-hydrogen) atoms. The van der Waals surface area contributed by atoms with Crippen molar-refractivity contribution >= 4 is 0 Å². The Morgan fingerprint density at radius 1 is 1.30 bits per heavy atom. The zero-order chi connectivity index (χ0) is 14.6. The van der Waals surface area contributed by atoms with Crippen molar-refractivity contribution in [2.75, 3.05) is 39.9 Å². The van der Waals surface area contributed by atoms with Crippen molar-refractivity contribution in [2.45, 2.75) is 19.9 Å². The first-order valence-electron chi connectivity index (χ1n) is 7.28. The average molecular weight is 278 g/mol. The van der Waals surface area contributed by atoms with E-state index in [1.54, 1.807) is 7.11 Å². The molecule has 0 spiro atoms. The second kappa shape index (κ2) is 6.57. The number of ether oxygens (including phenoxy) is 1. The highest BCUT2D eigenvalue weighted by Crippen LogP contribution is 2.41. The molecule has 1 fully saturated rings. The molecule has 0 aliphatic carbocycles. The topological polar surface area (TPSA) is 44.7 Å². The number of benzene rings is 1. The monoisotopic (exact) mass is 278 g/mol. The first kappa shape index (κ1) is 15.3. The largest absolute Gasteiger partial charge is 0.496 e. The lowest BCUT2D eigenvalue weighted by Crippen LogP contribution is -2.49. The van der Waals surface area contributed by atoms with E-state index in [0.717, 1.165) is 37.5 Å². The Kier molecular flexibility index (Phi) is 5.02. The normalized spacial score (nSPS) is 18.8. The van der Waals surface area contributed by atoms with E-state index in [2.05, 4.69) is 30.1 Å². The van der Waals surface area contributed by atoms with Gasteiger partial charge in [-0.05, 0) is 6.07 Å². The van der Waals surface area contributed by atoms with Crippen LogP contribution in [0.25, 0.3) is 0 Å². The summed E-state index contributed by atoms with van der Waals surface area (Å²) in [6.45, 7) is 8.36. The molecule has 0 aromatic heterocycles. The van der Waals surface area contributed by atoms with E-state index >= 15 is 0 Å². The predicted molar refractivity (Wildman–Crippen MR) is 81.0 cm³/mol. The van der Waals surface area contributed by atoms with Crippen LogP contribution in [0, 0.1) is 5.41 Å². The van der Waals surface area contributed by atoms with Crippen LogP contribution in [-0.4, -0.2) is 49.9 Å². The van der Waals surface area contributed by atoms with Crippen molar-refractivity contribution in [2.24, 2.45) is 5.41 Å². The third-order valence-corrected chi connectivity index (χ3v) is 4.10. The van der Waals surface area contributed by atoms with Crippen LogP contribution in [-0.2, 0) is 0 Å². The number of methoxy groups -OCH3 is 1. The number of hydrogen-bond acceptors (Lipinski definition) is 4. The molecule has 1 saturated heterocycles. The summed E-state index contributed by atoms with van der Waals surface area (Å²) in [7, 11) is 1.71. The molecule has 2 rings (SSSR count). The van der Waals surface area contributed by atoms with Gasteiger partial charge in [0.1, 0.15) is 5.75 Å². The number of hydrogen-bond donors (Lipinski definition) is 2. The summed E-state index contributed by atoms with van der Waals surface area (Å²) in [5.74, 6) is 0.901. The van der Waals surface area contributed by atoms with Crippen LogP contribution in [0.1, 0.15) is 25.5 Å². The van der Waals surface area contributed by atoms with E-state index in [1.165, 1.54) is 0 Å². The lowest BCUT2D eigenvalue weighted by molar-refractivity contribution is 0.0293. The van der Waals surface area contributed by atoms with Crippen LogP contribution in [0.2, 0.25) is 0 Å². The molecule has 0 bridgehead atoms. The first-order chi connectivity index (χ1) is 9.60. The maximum Gasteiger partial charge on any atom is 0.123 e. The Bertz CT molecular complexity index is 428. The molecule has 1 aromatic carbocycles. The van der Waals surface area contributed by atoms with E-state index in [9.17, 15) is 5.11 Å². The molecule has 4 nitrogen and oxygen atoms in total. The van der Waals surface area contributed by atoms with Crippen molar-refractivity contribution < 1.29 is 9.84 Å². The van der Waals surface area contributed by atoms with Gasteiger partial charge in [0.15, 0.2) is 0 Å². The standard InChI is InChI=1S/C16H26N2O2/c1-16(2,12-19)15(18-10-8-17-9-11-18)13-6-4-5-7-14(13)20-3/h4-7,15,17,19H,8-12H2,1-3H3/t15-/m1/s1. The summed E-state index contributed by atoms with van der Waals surface area (Å²) in [5, 5.41) is 13.2. The minimum absolute atomic E-state index is 0.152. The molecule has 0 saturated carbocycles. The van der Waals surface area contributed by atoms with Gasteiger partial charge in [0.25, 0.3) is 0 Å². The summed E-state index contributed by atoms with van der Waals surface area (Å²) >= 11 is 0. The van der Waals surface area contributed by atoms with Crippen LogP contribution >= 0.6 is 0 Å². The molecular weight excluding hydrogens is 252 g/mol. The molecule has 1 heterocycles. The lowest BCUT2D eigenvalue weighted by atomic mass is 9.79. The van der Waals surface area contributed by atoms with Gasteiger partial charge >= 0.3 is 0 Å². The quantitative estimate of drug-likeness (QED) is 0.860. The van der Waals surface area contributed by atoms with Gasteiger partial charge in [0.2, 0.25) is 0 Å². The van der Waals surface area contributed by atoms with Gasteiger partial charge < -0.3 is 15.2 Å². The molecule has 1 aliphatic heterocycles. The van der Waals surface area contributed by atoms with Gasteiger partial charge in [-0.25, -0.2) is 0 Å². The van der Waals surface area contributed by atoms with Crippen LogP contribution in [0.15, 0.2) is 24.3 Å². The molecule has 1 atom stereocenters. The zero-order valence-electron chi connectivity index (χ0n) is 12.7. The zero-order valence-corrected chi connectivity index (χ0v) is 12.7. The van der Waals surface area contributed by atoms with E-state index in [4.69, 9.17) is 4.74 Å². The smallest absolute Gasteiger partial charge is 0.123 e. The highest BCUT2D eigenvalue weighted by Gasteiger charge is 2.37. The number of nitrogens with zero attached hydrogens (tertiary/aromatic N) is 1. The Morgan fingerprint density at radius 3 is 2.55 bits per heavy atom. The van der Waals surface area contributed by atoms with Crippen LogP contribution in [0.3, 0.4) is 0 Å². The molecule has 2 N–H and O–H groups in total. The van der Waals surface area contributed by atoms with Crippen molar-refractivity contribution in [3.05, 3.63) is 29.8 Å². The molecule has 0 amide bonds. The molecule has 1 aliphatic rings. The summed E-state index contributed by atoms with van der Waals surface area (Å²) < 4.78 is 5.53. The SMILES string of the molecule is COc1ccccc1[C@@H](N1CCNCC1)C(C)(C)CO. The van der Waals surface area contributed by atoms with Crippen molar-refractivity contribution in [1.29, 1.82) is 0 Å². The fraction of sp³-hybridized carbons (Fsp3) is 0.625. The minimum atomic E-state index is -0.216. The summed E-state index contributed by atoms with van der Waals surface area (Å²) in [4.78, 5) is 2.45. The number of para-hydroxylation sites is 1. The highest BCUT2D eigenvalue weighted by atomic mass is 16.5. The molecule has 0 unspecified atom stereocenters. The second-order valence-electron chi connectivity index (χ2n) is 6.08. The number of piperazine rings is 1. The van der Waals surface area contributed by atoms with E-state index in [0.29, 0.717) is 0 Å². The molecule has 4 heteroatoms. The Hall–Kier alpha value is -1.10. The van der Waals surface area contributed by atoms with Crippen LogP contribution in [0.5, 0.6) is 5.75 Å². The predicted octanol–water partition coefficient (Wildman–Crippen LogP) is 1.66. The van der Waals surface area contributed by atoms with E-state index in [-0.39, 0.29) is 18.1 Å². The van der Waals surface area contributed by atoms with E-state index < -0.39 is 0 Å². The number of rotatable bonds is 5. The van der Waals surface area contributed by atoms with Gasteiger partial charge in [0.05, 0.1) is 7.11 Å². The maximum atomic E-state index is 9.84. The van der Waals surface area contributed by atoms with Crippen LogP contribution in [0.4, 0.5) is 0 Å². The molecule has 112 valence electrons. The van der Waals surface area contributed by atoms with Gasteiger partial charge in [-0.3, -0.25) is 4.90 Å². The third-order valence-electron chi connectivity index (χ3n) is 4.10. The van der Waals surface area contributed by atoms with Gasteiger partial charge in [-0.15, -0.1) is 0 Å². The van der Waals surface area contributed by atoms with Crippen molar-refractivity contribution in [3.63, 3.8) is 0 Å². The Balaban J connectivity index is 2.39. The van der Waals surface area contributed by atoms with Gasteiger partial charge in [0, 0.05) is 49.8 Å². The number of aliphatic hydroxyl groups excluding tert-OH is 1. The summed E-state index contributed by atoms with van der Waals surface area (Å²) in [5.41, 5.74) is 0.947. The maximum absolute atomic E-state index is 9.84. The third kappa shape index (κ3) is 3.14. The van der Waals surface area contributed by atoms with Crippen molar-refractivity contribution in [3.8, 4) is 5.75 Å². The highest BCUT2D eigenvalue weighted by molar-refractivity contribution is 5.37. The molecule has 0 radical (unpaired) electrons. The first-order valence-corrected chi connectivity index (χ1v) is 7.28. The Morgan fingerprint density at radius 2 is 1.95 bits per heavy atom. The summed E-state index contributed by atoms with van der Waals surface area (Å²) in [6.07, 6.45) is 0. The fourth-order valence-corrected chi connectivity index (χ4v) is 3.03. The Labute approximate surface area is 121 Å².